The summed E-state index contributed by atoms with van der Waals surface area (Å²) in [5.74, 6) is 1.03. The number of ether oxygens (including phenoxy) is 2. The van der Waals surface area contributed by atoms with E-state index in [0.29, 0.717) is 6.10 Å². The number of fused-ring (bicyclic) bond motifs is 1. The van der Waals surface area contributed by atoms with Crippen molar-refractivity contribution in [2.45, 2.75) is 26.0 Å². The molecular formula is C15H22N2O2. The number of nitrogens with one attached hydrogen (secondary N) is 1. The molecule has 0 bridgehead atoms. The predicted octanol–water partition coefficient (Wildman–Crippen LogP) is 2.10. The van der Waals surface area contributed by atoms with Crippen LogP contribution in [-0.2, 0) is 11.3 Å². The van der Waals surface area contributed by atoms with Crippen molar-refractivity contribution >= 4 is 5.69 Å². The molecular weight excluding hydrogens is 240 g/mol. The summed E-state index contributed by atoms with van der Waals surface area (Å²) in [4.78, 5) is 2.46. The predicted molar refractivity (Wildman–Crippen MR) is 75.7 cm³/mol. The van der Waals surface area contributed by atoms with Crippen molar-refractivity contribution in [3.8, 4) is 5.75 Å². The van der Waals surface area contributed by atoms with Crippen LogP contribution in [0.2, 0.25) is 0 Å². The van der Waals surface area contributed by atoms with E-state index in [1.54, 1.807) is 0 Å². The second kappa shape index (κ2) is 5.80. The quantitative estimate of drug-likeness (QED) is 0.885. The number of para-hydroxylation sites is 1. The normalized spacial score (nSPS) is 23.9. The highest BCUT2D eigenvalue weighted by Gasteiger charge is 2.19. The van der Waals surface area contributed by atoms with Crippen LogP contribution in [0.3, 0.4) is 0 Å². The Kier molecular flexibility index (Phi) is 3.89. The Bertz CT molecular complexity index is 436. The lowest BCUT2D eigenvalue weighted by molar-refractivity contribution is 0.0666. The highest BCUT2D eigenvalue weighted by molar-refractivity contribution is 5.61. The molecule has 19 heavy (non-hydrogen) atoms. The average Bonchev–Trinajstić information content (AvgIpc) is 2.63. The SMILES string of the molecule is CC1CN(Cc2cccc3c2OCCN3)CCCO1. The fourth-order valence-electron chi connectivity index (χ4n) is 2.82. The standard InChI is InChI=1S/C15H22N2O2/c1-12-10-17(7-3-8-18-12)11-13-4-2-5-14-15(13)19-9-6-16-14/h2,4-5,12,16H,3,6-11H2,1H3. The highest BCUT2D eigenvalue weighted by atomic mass is 16.5. The first-order valence-corrected chi connectivity index (χ1v) is 7.15. The molecule has 1 aromatic carbocycles. The molecule has 4 nitrogen and oxygen atoms in total. The molecule has 0 aliphatic carbocycles. The molecule has 1 N–H and O–H groups in total. The number of nitrogens with zero attached hydrogens (tertiary/aromatic N) is 1. The first-order valence-electron chi connectivity index (χ1n) is 7.15. The van der Waals surface area contributed by atoms with Crippen LogP contribution < -0.4 is 10.1 Å². The number of hydrogen-bond donors (Lipinski definition) is 1. The molecule has 1 saturated heterocycles. The minimum absolute atomic E-state index is 0.320. The zero-order chi connectivity index (χ0) is 13.1. The monoisotopic (exact) mass is 262 g/mol. The van der Waals surface area contributed by atoms with Gasteiger partial charge in [-0.2, -0.15) is 0 Å². The van der Waals surface area contributed by atoms with Crippen molar-refractivity contribution in [3.63, 3.8) is 0 Å². The third-order valence-corrected chi connectivity index (χ3v) is 3.69. The third kappa shape index (κ3) is 3.01. The van der Waals surface area contributed by atoms with Gasteiger partial charge in [-0.25, -0.2) is 0 Å². The largest absolute Gasteiger partial charge is 0.489 e. The van der Waals surface area contributed by atoms with E-state index in [9.17, 15) is 0 Å². The Balaban J connectivity index is 1.75. The Morgan fingerprint density at radius 1 is 1.37 bits per heavy atom. The van der Waals surface area contributed by atoms with Crippen LogP contribution in [0.5, 0.6) is 5.75 Å². The van der Waals surface area contributed by atoms with Gasteiger partial charge in [0, 0.05) is 38.3 Å². The minimum atomic E-state index is 0.320. The first kappa shape index (κ1) is 12.8. The lowest BCUT2D eigenvalue weighted by Gasteiger charge is -2.26. The molecule has 1 fully saturated rings. The maximum absolute atomic E-state index is 5.83. The van der Waals surface area contributed by atoms with Gasteiger partial charge in [-0.1, -0.05) is 12.1 Å². The van der Waals surface area contributed by atoms with Crippen molar-refractivity contribution in [2.75, 3.05) is 38.2 Å². The summed E-state index contributed by atoms with van der Waals surface area (Å²) < 4.78 is 11.5. The van der Waals surface area contributed by atoms with Gasteiger partial charge in [0.15, 0.2) is 0 Å². The molecule has 104 valence electrons. The number of anilines is 1. The summed E-state index contributed by atoms with van der Waals surface area (Å²) in [6.45, 7) is 7.71. The fraction of sp³-hybridized carbons (Fsp3) is 0.600. The number of rotatable bonds is 2. The lowest BCUT2D eigenvalue weighted by atomic mass is 10.1. The van der Waals surface area contributed by atoms with E-state index in [4.69, 9.17) is 9.47 Å². The lowest BCUT2D eigenvalue weighted by Crippen LogP contribution is -2.30. The summed E-state index contributed by atoms with van der Waals surface area (Å²) in [5.41, 5.74) is 2.40. The molecule has 0 spiro atoms. The molecule has 1 atom stereocenters. The van der Waals surface area contributed by atoms with Crippen LogP contribution >= 0.6 is 0 Å². The van der Waals surface area contributed by atoms with E-state index in [1.807, 2.05) is 0 Å². The van der Waals surface area contributed by atoms with Gasteiger partial charge in [0.05, 0.1) is 11.8 Å². The third-order valence-electron chi connectivity index (χ3n) is 3.69. The van der Waals surface area contributed by atoms with Gasteiger partial charge in [0.2, 0.25) is 0 Å². The van der Waals surface area contributed by atoms with E-state index in [2.05, 4.69) is 35.3 Å². The van der Waals surface area contributed by atoms with Crippen molar-refractivity contribution in [1.29, 1.82) is 0 Å². The average molecular weight is 262 g/mol. The topological polar surface area (TPSA) is 33.7 Å². The summed E-state index contributed by atoms with van der Waals surface area (Å²) in [6, 6.07) is 6.36. The van der Waals surface area contributed by atoms with Crippen LogP contribution in [0.15, 0.2) is 18.2 Å². The van der Waals surface area contributed by atoms with Crippen molar-refractivity contribution < 1.29 is 9.47 Å². The molecule has 0 saturated carbocycles. The van der Waals surface area contributed by atoms with Gasteiger partial charge >= 0.3 is 0 Å². The number of hydrogen-bond acceptors (Lipinski definition) is 4. The molecule has 1 unspecified atom stereocenters. The highest BCUT2D eigenvalue weighted by Crippen LogP contribution is 2.32. The minimum Gasteiger partial charge on any atom is -0.489 e. The smallest absolute Gasteiger partial charge is 0.146 e. The second-order valence-electron chi connectivity index (χ2n) is 5.34. The summed E-state index contributed by atoms with van der Waals surface area (Å²) in [5, 5.41) is 3.39. The molecule has 1 aromatic rings. The van der Waals surface area contributed by atoms with Crippen molar-refractivity contribution in [2.24, 2.45) is 0 Å². The van der Waals surface area contributed by atoms with E-state index in [-0.39, 0.29) is 0 Å². The van der Waals surface area contributed by atoms with Crippen molar-refractivity contribution in [3.05, 3.63) is 23.8 Å². The Hall–Kier alpha value is -1.26. The maximum Gasteiger partial charge on any atom is 0.146 e. The molecule has 0 amide bonds. The number of benzene rings is 1. The van der Waals surface area contributed by atoms with Crippen LogP contribution in [0, 0.1) is 0 Å². The fourth-order valence-corrected chi connectivity index (χ4v) is 2.82. The first-order chi connectivity index (χ1) is 9.33. The Morgan fingerprint density at radius 3 is 3.26 bits per heavy atom. The zero-order valence-electron chi connectivity index (χ0n) is 11.5. The van der Waals surface area contributed by atoms with Gasteiger partial charge in [-0.3, -0.25) is 4.90 Å². The van der Waals surface area contributed by atoms with Gasteiger partial charge in [0.25, 0.3) is 0 Å². The van der Waals surface area contributed by atoms with E-state index in [0.717, 1.165) is 57.3 Å². The van der Waals surface area contributed by atoms with Crippen LogP contribution in [0.4, 0.5) is 5.69 Å². The Morgan fingerprint density at radius 2 is 2.32 bits per heavy atom. The van der Waals surface area contributed by atoms with Crippen LogP contribution in [0.1, 0.15) is 18.9 Å². The molecule has 0 radical (unpaired) electrons. The summed E-state index contributed by atoms with van der Waals surface area (Å²) >= 11 is 0. The van der Waals surface area contributed by atoms with Gasteiger partial charge in [-0.15, -0.1) is 0 Å². The molecule has 2 aliphatic heterocycles. The van der Waals surface area contributed by atoms with Gasteiger partial charge < -0.3 is 14.8 Å². The van der Waals surface area contributed by atoms with Crippen LogP contribution in [-0.4, -0.2) is 43.9 Å². The maximum atomic E-state index is 5.83. The van der Waals surface area contributed by atoms with Gasteiger partial charge in [0.1, 0.15) is 12.4 Å². The molecule has 3 rings (SSSR count). The summed E-state index contributed by atoms with van der Waals surface area (Å²) in [7, 11) is 0. The molecule has 2 heterocycles. The van der Waals surface area contributed by atoms with E-state index in [1.165, 1.54) is 5.56 Å². The molecule has 4 heteroatoms. The summed E-state index contributed by atoms with van der Waals surface area (Å²) in [6.07, 6.45) is 1.43. The second-order valence-corrected chi connectivity index (χ2v) is 5.34. The van der Waals surface area contributed by atoms with Crippen molar-refractivity contribution in [1.82, 2.24) is 4.90 Å². The molecule has 0 aromatic heterocycles. The zero-order valence-corrected chi connectivity index (χ0v) is 11.5. The van der Waals surface area contributed by atoms with Gasteiger partial charge in [-0.05, 0) is 19.4 Å². The molecule has 2 aliphatic rings. The Labute approximate surface area is 114 Å². The van der Waals surface area contributed by atoms with E-state index >= 15 is 0 Å². The van der Waals surface area contributed by atoms with E-state index < -0.39 is 0 Å². The van der Waals surface area contributed by atoms with Crippen LogP contribution in [0.25, 0.3) is 0 Å².